The molecule has 2 rings (SSSR count). The SMILES string of the molecule is CCC1(S(=O)(=O)NC(=O)Nc2nc(Cl)cc(OC)n2)C=CC=CC1C(=O)O. The second-order valence-electron chi connectivity index (χ2n) is 5.48. The Morgan fingerprint density at radius 1 is 1.37 bits per heavy atom. The van der Waals surface area contributed by atoms with Gasteiger partial charge in [-0.3, -0.25) is 10.1 Å². The summed E-state index contributed by atoms with van der Waals surface area (Å²) in [4.78, 5) is 31.2. The van der Waals surface area contributed by atoms with Crippen LogP contribution in [0.25, 0.3) is 0 Å². The number of rotatable bonds is 6. The minimum atomic E-state index is -4.44. The first kappa shape index (κ1) is 20.6. The van der Waals surface area contributed by atoms with Crippen molar-refractivity contribution in [1.29, 1.82) is 0 Å². The number of allylic oxidation sites excluding steroid dienone is 2. The Balaban J connectivity index is 2.27. The molecular weight excluding hydrogens is 400 g/mol. The highest BCUT2D eigenvalue weighted by molar-refractivity contribution is 7.91. The zero-order chi connectivity index (χ0) is 20.2. The molecule has 1 heterocycles. The monoisotopic (exact) mass is 416 g/mol. The minimum Gasteiger partial charge on any atom is -0.481 e. The number of urea groups is 1. The lowest BCUT2D eigenvalue weighted by Gasteiger charge is -2.34. The highest BCUT2D eigenvalue weighted by Gasteiger charge is 2.51. The van der Waals surface area contributed by atoms with E-state index in [0.29, 0.717) is 0 Å². The summed E-state index contributed by atoms with van der Waals surface area (Å²) in [5.74, 6) is -2.91. The van der Waals surface area contributed by atoms with E-state index in [2.05, 4.69) is 15.3 Å². The van der Waals surface area contributed by atoms with Crippen molar-refractivity contribution in [2.45, 2.75) is 18.1 Å². The van der Waals surface area contributed by atoms with Gasteiger partial charge in [-0.1, -0.05) is 42.8 Å². The summed E-state index contributed by atoms with van der Waals surface area (Å²) in [6, 6.07) is 0.128. The summed E-state index contributed by atoms with van der Waals surface area (Å²) < 4.78 is 30.5. The molecule has 0 saturated heterocycles. The van der Waals surface area contributed by atoms with Crippen LogP contribution in [0.1, 0.15) is 13.3 Å². The van der Waals surface area contributed by atoms with E-state index in [9.17, 15) is 23.1 Å². The number of hydrogen-bond donors (Lipinski definition) is 3. The molecule has 1 aromatic heterocycles. The maximum Gasteiger partial charge on any atom is 0.335 e. The van der Waals surface area contributed by atoms with Crippen molar-refractivity contribution in [3.63, 3.8) is 0 Å². The number of methoxy groups -OCH3 is 1. The van der Waals surface area contributed by atoms with Crippen LogP contribution in [0.5, 0.6) is 5.88 Å². The van der Waals surface area contributed by atoms with E-state index < -0.39 is 32.7 Å². The molecular formula is C15H17ClN4O6S. The van der Waals surface area contributed by atoms with Gasteiger partial charge in [0.15, 0.2) is 0 Å². The van der Waals surface area contributed by atoms with Crippen LogP contribution in [0, 0.1) is 5.92 Å². The van der Waals surface area contributed by atoms with Gasteiger partial charge in [-0.05, 0) is 6.42 Å². The molecule has 12 heteroatoms. The number of ether oxygens (including phenoxy) is 1. The number of aliphatic carboxylic acids is 1. The first-order valence-electron chi connectivity index (χ1n) is 7.66. The van der Waals surface area contributed by atoms with Crippen molar-refractivity contribution in [3.8, 4) is 5.88 Å². The number of nitrogens with zero attached hydrogens (tertiary/aromatic N) is 2. The van der Waals surface area contributed by atoms with Crippen LogP contribution in [0.15, 0.2) is 30.4 Å². The van der Waals surface area contributed by atoms with Gasteiger partial charge in [-0.15, -0.1) is 0 Å². The summed E-state index contributed by atoms with van der Waals surface area (Å²) in [6.07, 6.45) is 5.29. The number of halogens is 1. The first-order valence-corrected chi connectivity index (χ1v) is 9.52. The summed E-state index contributed by atoms with van der Waals surface area (Å²) in [6.45, 7) is 1.52. The quantitative estimate of drug-likeness (QED) is 0.592. The molecule has 0 aromatic carbocycles. The lowest BCUT2D eigenvalue weighted by Crippen LogP contribution is -2.54. The molecule has 1 aromatic rings. The fraction of sp³-hybridized carbons (Fsp3) is 0.333. The summed E-state index contributed by atoms with van der Waals surface area (Å²) in [5.41, 5.74) is 0. The fourth-order valence-electron chi connectivity index (χ4n) is 2.64. The lowest BCUT2D eigenvalue weighted by atomic mass is 9.85. The van der Waals surface area contributed by atoms with Gasteiger partial charge < -0.3 is 9.84 Å². The van der Waals surface area contributed by atoms with Gasteiger partial charge in [0.2, 0.25) is 21.9 Å². The summed E-state index contributed by atoms with van der Waals surface area (Å²) in [5, 5.41) is 11.5. The van der Waals surface area contributed by atoms with Crippen LogP contribution in [0.3, 0.4) is 0 Å². The van der Waals surface area contributed by atoms with Crippen LogP contribution in [0.4, 0.5) is 10.7 Å². The molecule has 0 bridgehead atoms. The predicted molar refractivity (Wildman–Crippen MR) is 97.1 cm³/mol. The Kier molecular flexibility index (Phi) is 6.06. The number of anilines is 1. The van der Waals surface area contributed by atoms with Crippen molar-refractivity contribution < 1.29 is 27.9 Å². The maximum absolute atomic E-state index is 12.8. The molecule has 146 valence electrons. The lowest BCUT2D eigenvalue weighted by molar-refractivity contribution is -0.140. The second kappa shape index (κ2) is 7.92. The minimum absolute atomic E-state index is 0.0312. The van der Waals surface area contributed by atoms with E-state index in [4.69, 9.17) is 16.3 Å². The molecule has 1 aliphatic rings. The van der Waals surface area contributed by atoms with Crippen LogP contribution >= 0.6 is 11.6 Å². The maximum atomic E-state index is 12.8. The van der Waals surface area contributed by atoms with Gasteiger partial charge in [0.05, 0.1) is 13.0 Å². The van der Waals surface area contributed by atoms with Crippen molar-refractivity contribution in [2.24, 2.45) is 5.92 Å². The van der Waals surface area contributed by atoms with Crippen molar-refractivity contribution >= 4 is 39.6 Å². The average Bonchev–Trinajstić information content (AvgIpc) is 2.60. The van der Waals surface area contributed by atoms with Gasteiger partial charge in [0.1, 0.15) is 9.90 Å². The molecule has 2 amide bonds. The smallest absolute Gasteiger partial charge is 0.335 e. The van der Waals surface area contributed by atoms with Crippen LogP contribution < -0.4 is 14.8 Å². The average molecular weight is 417 g/mol. The highest BCUT2D eigenvalue weighted by atomic mass is 35.5. The van der Waals surface area contributed by atoms with E-state index in [0.717, 1.165) is 0 Å². The number of nitrogens with one attached hydrogen (secondary N) is 2. The van der Waals surface area contributed by atoms with Crippen LogP contribution in [-0.2, 0) is 14.8 Å². The molecule has 3 N–H and O–H groups in total. The fourth-order valence-corrected chi connectivity index (χ4v) is 4.45. The molecule has 0 aliphatic heterocycles. The number of carboxylic acids is 1. The number of hydrogen-bond acceptors (Lipinski definition) is 7. The van der Waals surface area contributed by atoms with Gasteiger partial charge in [-0.2, -0.15) is 4.98 Å². The third kappa shape index (κ3) is 4.19. The largest absolute Gasteiger partial charge is 0.481 e. The molecule has 1 aliphatic carbocycles. The third-order valence-corrected chi connectivity index (χ3v) is 6.30. The molecule has 2 unspecified atom stereocenters. The Morgan fingerprint density at radius 3 is 2.67 bits per heavy atom. The van der Waals surface area contributed by atoms with E-state index in [-0.39, 0.29) is 23.4 Å². The number of carboxylic acid groups (broad SMARTS) is 1. The van der Waals surface area contributed by atoms with Gasteiger partial charge >= 0.3 is 12.0 Å². The first-order chi connectivity index (χ1) is 12.6. The van der Waals surface area contributed by atoms with E-state index in [1.165, 1.54) is 44.4 Å². The molecule has 0 saturated carbocycles. The van der Waals surface area contributed by atoms with Crippen molar-refractivity contribution in [1.82, 2.24) is 14.7 Å². The van der Waals surface area contributed by atoms with Crippen LogP contribution in [0.2, 0.25) is 5.15 Å². The number of carbonyl (C=O) groups is 2. The zero-order valence-corrected chi connectivity index (χ0v) is 15.9. The highest BCUT2D eigenvalue weighted by Crippen LogP contribution is 2.35. The Labute approximate surface area is 160 Å². The van der Waals surface area contributed by atoms with E-state index in [1.54, 1.807) is 0 Å². The molecule has 27 heavy (non-hydrogen) atoms. The number of carbonyl (C=O) groups excluding carboxylic acids is 1. The molecule has 0 radical (unpaired) electrons. The van der Waals surface area contributed by atoms with E-state index in [1.807, 2.05) is 4.72 Å². The number of aromatic nitrogens is 2. The van der Waals surface area contributed by atoms with Gasteiger partial charge in [0.25, 0.3) is 0 Å². The molecule has 2 atom stereocenters. The standard InChI is InChI=1S/C15H17ClN4O6S/c1-3-15(7-5-4-6-9(15)12(21)22)27(24,25)20-14(23)19-13-17-10(16)8-11(18-13)26-2/h4-9H,3H2,1-2H3,(H,21,22)(H2,17,18,19,20,23). The van der Waals surface area contributed by atoms with Gasteiger partial charge in [0, 0.05) is 6.07 Å². The van der Waals surface area contributed by atoms with Crippen molar-refractivity contribution in [3.05, 3.63) is 35.5 Å². The second-order valence-corrected chi connectivity index (χ2v) is 7.84. The molecule has 0 fully saturated rings. The summed E-state index contributed by atoms with van der Waals surface area (Å²) >= 11 is 5.76. The normalized spacial score (nSPS) is 21.5. The van der Waals surface area contributed by atoms with Crippen molar-refractivity contribution in [2.75, 3.05) is 12.4 Å². The van der Waals surface area contributed by atoms with Crippen LogP contribution in [-0.4, -0.2) is 47.3 Å². The Hall–Kier alpha value is -2.66. The Morgan fingerprint density at radius 2 is 2.07 bits per heavy atom. The molecule has 0 spiro atoms. The van der Waals surface area contributed by atoms with Gasteiger partial charge in [-0.25, -0.2) is 22.9 Å². The van der Waals surface area contributed by atoms with E-state index >= 15 is 0 Å². The Bertz CT molecular complexity index is 917. The zero-order valence-electron chi connectivity index (χ0n) is 14.3. The predicted octanol–water partition coefficient (Wildman–Crippen LogP) is 1.57. The summed E-state index contributed by atoms with van der Waals surface area (Å²) in [7, 11) is -3.11. The molecule has 10 nitrogen and oxygen atoms in total. The number of amides is 2. The number of sulfonamides is 1. The third-order valence-electron chi connectivity index (χ3n) is 3.97. The topological polar surface area (TPSA) is 148 Å².